The Bertz CT molecular complexity index is 410. The van der Waals surface area contributed by atoms with Crippen LogP contribution < -0.4 is 5.32 Å². The van der Waals surface area contributed by atoms with Crippen LogP contribution in [0.1, 0.15) is 46.0 Å². The van der Waals surface area contributed by atoms with Gasteiger partial charge in [-0.15, -0.1) is 0 Å². The van der Waals surface area contributed by atoms with Gasteiger partial charge in [0.05, 0.1) is 6.26 Å². The van der Waals surface area contributed by atoms with E-state index in [9.17, 15) is 8.42 Å². The lowest BCUT2D eigenvalue weighted by atomic mass is 9.78. The second kappa shape index (κ2) is 6.75. The normalized spacial score (nSPS) is 37.0. The van der Waals surface area contributed by atoms with Gasteiger partial charge >= 0.3 is 0 Å². The first-order valence-corrected chi connectivity index (χ1v) is 9.91. The van der Waals surface area contributed by atoms with Crippen molar-refractivity contribution in [3.63, 3.8) is 0 Å². The van der Waals surface area contributed by atoms with Crippen LogP contribution >= 0.6 is 0 Å². The molecule has 4 unspecified atom stereocenters. The first-order valence-electron chi connectivity index (χ1n) is 8.06. The van der Waals surface area contributed by atoms with Crippen molar-refractivity contribution in [2.75, 3.05) is 25.9 Å². The van der Waals surface area contributed by atoms with Gasteiger partial charge in [-0.05, 0) is 43.6 Å². The van der Waals surface area contributed by atoms with Crippen molar-refractivity contribution in [3.8, 4) is 0 Å². The molecule has 1 N–H and O–H groups in total. The molecular formula is C15H30N2O2S. The first-order chi connectivity index (χ1) is 9.38. The predicted octanol–water partition coefficient (Wildman–Crippen LogP) is 2.07. The molecule has 20 heavy (non-hydrogen) atoms. The zero-order valence-electron chi connectivity index (χ0n) is 13.1. The summed E-state index contributed by atoms with van der Waals surface area (Å²) in [6.45, 7) is 7.07. The molecule has 1 aliphatic carbocycles. The number of rotatable bonds is 4. The average molecular weight is 302 g/mol. The molecule has 1 heterocycles. The van der Waals surface area contributed by atoms with Crippen LogP contribution in [-0.2, 0) is 10.0 Å². The van der Waals surface area contributed by atoms with Crippen molar-refractivity contribution in [3.05, 3.63) is 0 Å². The summed E-state index contributed by atoms with van der Waals surface area (Å²) >= 11 is 0. The molecule has 1 saturated heterocycles. The third kappa shape index (κ3) is 4.18. The highest BCUT2D eigenvalue weighted by Crippen LogP contribution is 2.29. The summed E-state index contributed by atoms with van der Waals surface area (Å²) < 4.78 is 24.9. The van der Waals surface area contributed by atoms with Crippen molar-refractivity contribution in [1.82, 2.24) is 9.62 Å². The van der Waals surface area contributed by atoms with Crippen molar-refractivity contribution >= 4 is 10.0 Å². The van der Waals surface area contributed by atoms with Gasteiger partial charge in [-0.2, -0.15) is 0 Å². The molecule has 0 aromatic carbocycles. The summed E-state index contributed by atoms with van der Waals surface area (Å²) in [7, 11) is -3.02. The molecule has 2 rings (SSSR count). The molecule has 1 aliphatic heterocycles. The van der Waals surface area contributed by atoms with Gasteiger partial charge in [0.25, 0.3) is 0 Å². The summed E-state index contributed by atoms with van der Waals surface area (Å²) in [6, 6.07) is 0.618. The van der Waals surface area contributed by atoms with E-state index in [0.29, 0.717) is 25.0 Å². The molecule has 0 aromatic heterocycles. The van der Waals surface area contributed by atoms with Crippen molar-refractivity contribution in [2.45, 2.75) is 52.0 Å². The Morgan fingerprint density at radius 2 is 1.90 bits per heavy atom. The molecular weight excluding hydrogens is 272 g/mol. The third-order valence-electron chi connectivity index (χ3n) is 5.33. The maximum Gasteiger partial charge on any atom is 0.211 e. The molecule has 0 radical (unpaired) electrons. The molecule has 4 atom stereocenters. The van der Waals surface area contributed by atoms with Crippen LogP contribution in [0.5, 0.6) is 0 Å². The summed E-state index contributed by atoms with van der Waals surface area (Å²) in [6.07, 6.45) is 7.42. The number of hydrogen-bond acceptors (Lipinski definition) is 3. The minimum atomic E-state index is -3.02. The van der Waals surface area contributed by atoms with E-state index in [1.54, 1.807) is 4.31 Å². The van der Waals surface area contributed by atoms with E-state index in [-0.39, 0.29) is 0 Å². The standard InChI is InChI=1S/C15H30N2O2S/c1-12-6-4-8-15(13(12)2)16-10-14-7-5-9-17(11-14)20(3,18)19/h12-16H,4-11H2,1-3H3. The van der Waals surface area contributed by atoms with Crippen molar-refractivity contribution in [1.29, 1.82) is 0 Å². The number of nitrogens with zero attached hydrogens (tertiary/aromatic N) is 1. The Kier molecular flexibility index (Phi) is 5.49. The molecule has 1 saturated carbocycles. The lowest BCUT2D eigenvalue weighted by Crippen LogP contribution is -2.46. The third-order valence-corrected chi connectivity index (χ3v) is 6.60. The molecule has 2 aliphatic rings. The van der Waals surface area contributed by atoms with E-state index >= 15 is 0 Å². The number of sulfonamides is 1. The quantitative estimate of drug-likeness (QED) is 0.865. The van der Waals surface area contributed by atoms with Crippen LogP contribution in [-0.4, -0.2) is 44.7 Å². The maximum atomic E-state index is 11.6. The summed E-state index contributed by atoms with van der Waals surface area (Å²) in [5.41, 5.74) is 0. The van der Waals surface area contributed by atoms with E-state index in [4.69, 9.17) is 0 Å². The van der Waals surface area contributed by atoms with Gasteiger partial charge in [-0.25, -0.2) is 12.7 Å². The van der Waals surface area contributed by atoms with Crippen LogP contribution in [0.15, 0.2) is 0 Å². The molecule has 0 amide bonds. The van der Waals surface area contributed by atoms with Crippen molar-refractivity contribution < 1.29 is 8.42 Å². The van der Waals surface area contributed by atoms with Crippen LogP contribution in [0.2, 0.25) is 0 Å². The summed E-state index contributed by atoms with van der Waals surface area (Å²) in [5, 5.41) is 3.72. The number of nitrogens with one attached hydrogen (secondary N) is 1. The van der Waals surface area contributed by atoms with E-state index in [2.05, 4.69) is 19.2 Å². The van der Waals surface area contributed by atoms with Gasteiger partial charge in [0, 0.05) is 19.1 Å². The topological polar surface area (TPSA) is 49.4 Å². The zero-order valence-corrected chi connectivity index (χ0v) is 14.0. The second-order valence-electron chi connectivity index (χ2n) is 6.91. The lowest BCUT2D eigenvalue weighted by molar-refractivity contribution is 0.187. The first kappa shape index (κ1) is 16.2. The summed E-state index contributed by atoms with van der Waals surface area (Å²) in [5.74, 6) is 2.02. The van der Waals surface area contributed by atoms with Crippen LogP contribution in [0.4, 0.5) is 0 Å². The van der Waals surface area contributed by atoms with Crippen molar-refractivity contribution in [2.24, 2.45) is 17.8 Å². The zero-order chi connectivity index (χ0) is 14.8. The van der Waals surface area contributed by atoms with Crippen LogP contribution in [0.25, 0.3) is 0 Å². The lowest BCUT2D eigenvalue weighted by Gasteiger charge is -2.37. The number of piperidine rings is 1. The average Bonchev–Trinajstić information content (AvgIpc) is 2.40. The molecule has 0 spiro atoms. The molecule has 4 nitrogen and oxygen atoms in total. The fourth-order valence-corrected chi connectivity index (χ4v) is 4.63. The smallest absolute Gasteiger partial charge is 0.211 e. The minimum Gasteiger partial charge on any atom is -0.313 e. The van der Waals surface area contributed by atoms with E-state index in [1.807, 2.05) is 0 Å². The van der Waals surface area contributed by atoms with Gasteiger partial charge in [0.1, 0.15) is 0 Å². The number of hydrogen-bond donors (Lipinski definition) is 1. The molecule has 118 valence electrons. The van der Waals surface area contributed by atoms with Gasteiger partial charge in [-0.3, -0.25) is 0 Å². The van der Waals surface area contributed by atoms with Crippen LogP contribution in [0, 0.1) is 17.8 Å². The highest BCUT2D eigenvalue weighted by Gasteiger charge is 2.29. The van der Waals surface area contributed by atoms with Gasteiger partial charge in [0.2, 0.25) is 10.0 Å². The predicted molar refractivity (Wildman–Crippen MR) is 83.1 cm³/mol. The largest absolute Gasteiger partial charge is 0.313 e. The Balaban J connectivity index is 1.81. The van der Waals surface area contributed by atoms with Gasteiger partial charge in [0.15, 0.2) is 0 Å². The second-order valence-corrected chi connectivity index (χ2v) is 8.89. The van der Waals surface area contributed by atoms with Gasteiger partial charge in [-0.1, -0.05) is 26.7 Å². The molecule has 0 bridgehead atoms. The highest BCUT2D eigenvalue weighted by molar-refractivity contribution is 7.88. The molecule has 5 heteroatoms. The minimum absolute atomic E-state index is 0.475. The fourth-order valence-electron chi connectivity index (χ4n) is 3.68. The monoisotopic (exact) mass is 302 g/mol. The Hall–Kier alpha value is -0.130. The Morgan fingerprint density at radius 3 is 2.60 bits per heavy atom. The van der Waals surface area contributed by atoms with Crippen LogP contribution in [0.3, 0.4) is 0 Å². The maximum absolute atomic E-state index is 11.6. The summed E-state index contributed by atoms with van der Waals surface area (Å²) in [4.78, 5) is 0. The van der Waals surface area contributed by atoms with E-state index < -0.39 is 10.0 Å². The van der Waals surface area contributed by atoms with E-state index in [1.165, 1.54) is 25.5 Å². The highest BCUT2D eigenvalue weighted by atomic mass is 32.2. The molecule has 2 fully saturated rings. The molecule has 0 aromatic rings. The Morgan fingerprint density at radius 1 is 1.15 bits per heavy atom. The Labute approximate surface area is 124 Å². The van der Waals surface area contributed by atoms with E-state index in [0.717, 1.165) is 31.2 Å². The fraction of sp³-hybridized carbons (Fsp3) is 1.00. The SMILES string of the molecule is CC1CCCC(NCC2CCCN(S(C)(=O)=O)C2)C1C. The van der Waals surface area contributed by atoms with Gasteiger partial charge < -0.3 is 5.32 Å².